The average molecular weight is 344 g/mol. The second-order valence-corrected chi connectivity index (χ2v) is 6.69. The number of hydrogen-bond acceptors (Lipinski definition) is 4. The van der Waals surface area contributed by atoms with Gasteiger partial charge in [-0.1, -0.05) is 0 Å². The van der Waals surface area contributed by atoms with E-state index < -0.39 is 0 Å². The second kappa shape index (κ2) is 7.68. The molecule has 24 heavy (non-hydrogen) atoms. The minimum Gasteiger partial charge on any atom is -0.311 e. The van der Waals surface area contributed by atoms with Gasteiger partial charge in [0, 0.05) is 29.7 Å². The lowest BCUT2D eigenvalue weighted by Crippen LogP contribution is -2.17. The molecule has 0 saturated heterocycles. The second-order valence-electron chi connectivity index (χ2n) is 5.83. The average Bonchev–Trinajstić information content (AvgIpc) is 3.14. The zero-order chi connectivity index (χ0) is 16.9. The fraction of sp³-hybridized carbons (Fsp3) is 0.333. The van der Waals surface area contributed by atoms with E-state index in [-0.39, 0.29) is 5.82 Å². The highest BCUT2D eigenvalue weighted by atomic mass is 32.1. The van der Waals surface area contributed by atoms with Gasteiger partial charge in [0.15, 0.2) is 0 Å². The Morgan fingerprint density at radius 1 is 1.21 bits per heavy atom. The minimum absolute atomic E-state index is 0.222. The van der Waals surface area contributed by atoms with Gasteiger partial charge in [0.05, 0.1) is 11.4 Å². The van der Waals surface area contributed by atoms with E-state index >= 15 is 0 Å². The molecule has 0 fully saturated rings. The van der Waals surface area contributed by atoms with E-state index in [1.165, 1.54) is 17.8 Å². The summed E-state index contributed by atoms with van der Waals surface area (Å²) >= 11 is 1.59. The predicted molar refractivity (Wildman–Crippen MR) is 95.5 cm³/mol. The van der Waals surface area contributed by atoms with Crippen LogP contribution in [0.2, 0.25) is 0 Å². The topological polar surface area (TPSA) is 42.7 Å². The molecular weight excluding hydrogens is 323 g/mol. The van der Waals surface area contributed by atoms with Crippen molar-refractivity contribution < 1.29 is 4.39 Å². The Labute approximate surface area is 145 Å². The summed E-state index contributed by atoms with van der Waals surface area (Å²) in [6.07, 6.45) is 1.02. The summed E-state index contributed by atoms with van der Waals surface area (Å²) in [5.41, 5.74) is 4.25. The summed E-state index contributed by atoms with van der Waals surface area (Å²) in [5.74, 6) is -0.222. The van der Waals surface area contributed by atoms with Crippen molar-refractivity contribution in [1.29, 1.82) is 0 Å². The molecule has 1 N–H and O–H groups in total. The van der Waals surface area contributed by atoms with Gasteiger partial charge in [0.1, 0.15) is 10.8 Å². The maximum absolute atomic E-state index is 13.0. The number of aryl methyl sites for hydroxylation is 3. The summed E-state index contributed by atoms with van der Waals surface area (Å²) in [6.45, 7) is 6.68. The van der Waals surface area contributed by atoms with E-state index in [4.69, 9.17) is 0 Å². The zero-order valence-electron chi connectivity index (χ0n) is 13.9. The number of nitrogens with one attached hydrogen (secondary N) is 1. The summed E-state index contributed by atoms with van der Waals surface area (Å²) in [6, 6.07) is 8.56. The first-order valence-electron chi connectivity index (χ1n) is 8.04. The number of rotatable bonds is 7. The fourth-order valence-corrected chi connectivity index (χ4v) is 3.41. The van der Waals surface area contributed by atoms with Crippen molar-refractivity contribution in [1.82, 2.24) is 20.1 Å². The molecule has 0 radical (unpaired) electrons. The number of aromatic nitrogens is 3. The van der Waals surface area contributed by atoms with Gasteiger partial charge < -0.3 is 5.32 Å². The van der Waals surface area contributed by atoms with E-state index in [1.54, 1.807) is 23.5 Å². The molecule has 0 spiro atoms. The molecule has 6 heteroatoms. The van der Waals surface area contributed by atoms with E-state index in [1.807, 2.05) is 17.0 Å². The van der Waals surface area contributed by atoms with Crippen molar-refractivity contribution in [3.05, 3.63) is 58.6 Å². The number of thiazole rings is 1. The van der Waals surface area contributed by atoms with Crippen LogP contribution in [-0.2, 0) is 13.1 Å². The summed E-state index contributed by atoms with van der Waals surface area (Å²) in [7, 11) is 0. The Balaban J connectivity index is 1.44. The first kappa shape index (κ1) is 16.8. The third-order valence-electron chi connectivity index (χ3n) is 3.78. The first-order chi connectivity index (χ1) is 11.6. The number of nitrogens with zero attached hydrogens (tertiary/aromatic N) is 3. The van der Waals surface area contributed by atoms with Crippen molar-refractivity contribution >= 4 is 11.3 Å². The van der Waals surface area contributed by atoms with Gasteiger partial charge in [-0.3, -0.25) is 4.68 Å². The van der Waals surface area contributed by atoms with Gasteiger partial charge in [-0.25, -0.2) is 9.37 Å². The lowest BCUT2D eigenvalue weighted by Gasteiger charge is -2.05. The molecule has 0 saturated carbocycles. The summed E-state index contributed by atoms with van der Waals surface area (Å²) < 4.78 is 15.0. The van der Waals surface area contributed by atoms with E-state index in [0.29, 0.717) is 0 Å². The molecule has 2 heterocycles. The zero-order valence-corrected chi connectivity index (χ0v) is 14.7. The van der Waals surface area contributed by atoms with Gasteiger partial charge in [-0.2, -0.15) is 5.10 Å². The highest BCUT2D eigenvalue weighted by molar-refractivity contribution is 7.13. The smallest absolute Gasteiger partial charge is 0.123 e. The molecule has 0 bridgehead atoms. The summed E-state index contributed by atoms with van der Waals surface area (Å²) in [4.78, 5) is 4.60. The van der Waals surface area contributed by atoms with Crippen molar-refractivity contribution in [2.24, 2.45) is 0 Å². The van der Waals surface area contributed by atoms with Crippen molar-refractivity contribution in [2.45, 2.75) is 33.4 Å². The maximum atomic E-state index is 13.0. The lowest BCUT2D eigenvalue weighted by molar-refractivity contribution is 0.530. The molecule has 0 atom stereocenters. The molecular formula is C18H21FN4S. The van der Waals surface area contributed by atoms with Crippen LogP contribution in [0.15, 0.2) is 35.7 Å². The normalized spacial score (nSPS) is 11.1. The van der Waals surface area contributed by atoms with Crippen LogP contribution in [0.25, 0.3) is 10.6 Å². The van der Waals surface area contributed by atoms with Crippen LogP contribution >= 0.6 is 11.3 Å². The highest BCUT2D eigenvalue weighted by Gasteiger charge is 2.05. The van der Waals surface area contributed by atoms with Crippen LogP contribution in [0.5, 0.6) is 0 Å². The van der Waals surface area contributed by atoms with Crippen LogP contribution in [0.3, 0.4) is 0 Å². The van der Waals surface area contributed by atoms with Gasteiger partial charge in [-0.15, -0.1) is 11.3 Å². The van der Waals surface area contributed by atoms with Gasteiger partial charge in [0.2, 0.25) is 0 Å². The first-order valence-corrected chi connectivity index (χ1v) is 8.92. The molecule has 0 amide bonds. The monoisotopic (exact) mass is 344 g/mol. The third kappa shape index (κ3) is 4.27. The maximum Gasteiger partial charge on any atom is 0.123 e. The molecule has 3 rings (SSSR count). The molecule has 4 nitrogen and oxygen atoms in total. The number of halogens is 1. The summed E-state index contributed by atoms with van der Waals surface area (Å²) in [5, 5.41) is 10.8. The molecule has 126 valence electrons. The number of benzene rings is 1. The van der Waals surface area contributed by atoms with Crippen LogP contribution in [0, 0.1) is 19.7 Å². The van der Waals surface area contributed by atoms with E-state index in [0.717, 1.165) is 48.0 Å². The van der Waals surface area contributed by atoms with Crippen molar-refractivity contribution in [2.75, 3.05) is 6.54 Å². The van der Waals surface area contributed by atoms with Crippen LogP contribution in [0.4, 0.5) is 4.39 Å². The fourth-order valence-electron chi connectivity index (χ4n) is 2.58. The van der Waals surface area contributed by atoms with Crippen molar-refractivity contribution in [3.63, 3.8) is 0 Å². The van der Waals surface area contributed by atoms with Gasteiger partial charge in [-0.05, 0) is 57.1 Å². The molecule has 0 unspecified atom stereocenters. The Hall–Kier alpha value is -2.05. The number of hydrogen-bond donors (Lipinski definition) is 1. The third-order valence-corrected chi connectivity index (χ3v) is 4.72. The molecule has 0 aliphatic rings. The molecule has 1 aromatic carbocycles. The van der Waals surface area contributed by atoms with Gasteiger partial charge in [0.25, 0.3) is 0 Å². The molecule has 3 aromatic rings. The van der Waals surface area contributed by atoms with Gasteiger partial charge >= 0.3 is 0 Å². The van der Waals surface area contributed by atoms with Crippen molar-refractivity contribution in [3.8, 4) is 10.6 Å². The standard InChI is InChI=1S/C18H21FN4S/c1-13-10-14(2)23(22-13)9-3-8-20-11-17-12-24-18(21-17)15-4-6-16(19)7-5-15/h4-7,10,12,20H,3,8-9,11H2,1-2H3. The van der Waals surface area contributed by atoms with E-state index in [9.17, 15) is 4.39 Å². The Kier molecular flexibility index (Phi) is 5.37. The molecule has 0 aliphatic heterocycles. The lowest BCUT2D eigenvalue weighted by atomic mass is 10.2. The Bertz CT molecular complexity index is 792. The van der Waals surface area contributed by atoms with Crippen LogP contribution < -0.4 is 5.32 Å². The quantitative estimate of drug-likeness (QED) is 0.660. The molecule has 0 aliphatic carbocycles. The van der Waals surface area contributed by atoms with E-state index in [2.05, 4.69) is 28.4 Å². The largest absolute Gasteiger partial charge is 0.311 e. The molecule has 2 aromatic heterocycles. The Morgan fingerprint density at radius 2 is 2.00 bits per heavy atom. The Morgan fingerprint density at radius 3 is 2.71 bits per heavy atom. The van der Waals surface area contributed by atoms with Crippen LogP contribution in [-0.4, -0.2) is 21.3 Å². The van der Waals surface area contributed by atoms with Crippen LogP contribution in [0.1, 0.15) is 23.5 Å². The minimum atomic E-state index is -0.222. The predicted octanol–water partition coefficient (Wildman–Crippen LogP) is 3.94. The highest BCUT2D eigenvalue weighted by Crippen LogP contribution is 2.23. The SMILES string of the molecule is Cc1cc(C)n(CCCNCc2csc(-c3ccc(F)cc3)n2)n1.